The molecule has 29 heavy (non-hydrogen) atoms. The Morgan fingerprint density at radius 1 is 1.03 bits per heavy atom. The average molecular weight is 416 g/mol. The summed E-state index contributed by atoms with van der Waals surface area (Å²) in [6.45, 7) is 3.58. The van der Waals surface area contributed by atoms with Gasteiger partial charge in [0.05, 0.1) is 4.90 Å². The average Bonchev–Trinajstić information content (AvgIpc) is 3.19. The number of amides is 1. The largest absolute Gasteiger partial charge is 0.454 e. The van der Waals surface area contributed by atoms with Crippen molar-refractivity contribution in [2.45, 2.75) is 37.6 Å². The number of benzene rings is 2. The van der Waals surface area contributed by atoms with Crippen LogP contribution in [0.4, 0.5) is 5.69 Å². The van der Waals surface area contributed by atoms with Crippen LogP contribution in [0, 0.1) is 13.8 Å². The van der Waals surface area contributed by atoms with Crippen molar-refractivity contribution >= 4 is 27.6 Å². The highest BCUT2D eigenvalue weighted by molar-refractivity contribution is 7.89. The third-order valence-corrected chi connectivity index (χ3v) is 6.71. The number of anilines is 1. The van der Waals surface area contributed by atoms with Crippen LogP contribution in [0.3, 0.4) is 0 Å². The number of nitrogens with zero attached hydrogens (tertiary/aromatic N) is 1. The molecule has 0 aliphatic carbocycles. The van der Waals surface area contributed by atoms with Crippen LogP contribution in [0.2, 0.25) is 0 Å². The zero-order valence-corrected chi connectivity index (χ0v) is 17.2. The molecule has 154 valence electrons. The van der Waals surface area contributed by atoms with E-state index in [2.05, 4.69) is 5.32 Å². The van der Waals surface area contributed by atoms with E-state index < -0.39 is 34.5 Å². The molecule has 1 N–H and O–H groups in total. The molecule has 8 heteroatoms. The lowest BCUT2D eigenvalue weighted by molar-refractivity contribution is -0.150. The van der Waals surface area contributed by atoms with Crippen LogP contribution >= 0.6 is 0 Å². The summed E-state index contributed by atoms with van der Waals surface area (Å²) in [6, 6.07) is 12.8. The van der Waals surface area contributed by atoms with Crippen LogP contribution < -0.4 is 5.32 Å². The van der Waals surface area contributed by atoms with E-state index in [0.29, 0.717) is 18.5 Å². The minimum atomic E-state index is -3.81. The molecule has 0 saturated carbocycles. The third kappa shape index (κ3) is 5.02. The van der Waals surface area contributed by atoms with Crippen LogP contribution in [0.15, 0.2) is 53.4 Å². The number of aryl methyl sites for hydroxylation is 2. The summed E-state index contributed by atoms with van der Waals surface area (Å²) in [5, 5.41) is 2.64. The molecule has 1 aliphatic heterocycles. The summed E-state index contributed by atoms with van der Waals surface area (Å²) < 4.78 is 32.1. The Balaban J connectivity index is 1.61. The van der Waals surface area contributed by atoms with Gasteiger partial charge < -0.3 is 10.1 Å². The lowest BCUT2D eigenvalue weighted by atomic mass is 10.2. The highest BCUT2D eigenvalue weighted by Gasteiger charge is 2.40. The van der Waals surface area contributed by atoms with Crippen molar-refractivity contribution in [3.63, 3.8) is 0 Å². The van der Waals surface area contributed by atoms with E-state index >= 15 is 0 Å². The number of esters is 1. The molecule has 1 saturated heterocycles. The first-order valence-corrected chi connectivity index (χ1v) is 10.8. The summed E-state index contributed by atoms with van der Waals surface area (Å²) in [6.07, 6.45) is 0.921. The fourth-order valence-electron chi connectivity index (χ4n) is 3.18. The number of ether oxygens (including phenoxy) is 1. The molecular formula is C21H24N2O5S. The van der Waals surface area contributed by atoms with E-state index in [1.165, 1.54) is 12.1 Å². The van der Waals surface area contributed by atoms with Gasteiger partial charge in [0, 0.05) is 12.2 Å². The Labute approximate surface area is 170 Å². The molecule has 0 aromatic heterocycles. The summed E-state index contributed by atoms with van der Waals surface area (Å²) in [4.78, 5) is 24.6. The molecule has 7 nitrogen and oxygen atoms in total. The second-order valence-electron chi connectivity index (χ2n) is 7.11. The zero-order valence-electron chi connectivity index (χ0n) is 16.4. The fraction of sp³-hybridized carbons (Fsp3) is 0.333. The predicted molar refractivity (Wildman–Crippen MR) is 109 cm³/mol. The van der Waals surface area contributed by atoms with Gasteiger partial charge >= 0.3 is 5.97 Å². The third-order valence-electron chi connectivity index (χ3n) is 4.78. The molecule has 0 unspecified atom stereocenters. The van der Waals surface area contributed by atoms with Crippen LogP contribution in [0.5, 0.6) is 0 Å². The fourth-order valence-corrected chi connectivity index (χ4v) is 4.82. The number of nitrogens with one attached hydrogen (secondary N) is 1. The molecule has 1 fully saturated rings. The van der Waals surface area contributed by atoms with Crippen LogP contribution in [-0.4, -0.2) is 43.8 Å². The molecule has 1 heterocycles. The van der Waals surface area contributed by atoms with Gasteiger partial charge in [-0.1, -0.05) is 35.4 Å². The van der Waals surface area contributed by atoms with Gasteiger partial charge in [-0.2, -0.15) is 4.31 Å². The number of carbonyl (C=O) groups is 2. The van der Waals surface area contributed by atoms with Gasteiger partial charge in [-0.3, -0.25) is 9.59 Å². The Morgan fingerprint density at radius 3 is 2.24 bits per heavy atom. The molecule has 0 bridgehead atoms. The summed E-state index contributed by atoms with van der Waals surface area (Å²) in [5.41, 5.74) is 2.60. The van der Waals surface area contributed by atoms with Gasteiger partial charge in [-0.25, -0.2) is 8.42 Å². The maximum atomic E-state index is 12.9. The topological polar surface area (TPSA) is 92.8 Å². The molecule has 2 aromatic rings. The lowest BCUT2D eigenvalue weighted by Crippen LogP contribution is -2.42. The second kappa shape index (κ2) is 8.75. The summed E-state index contributed by atoms with van der Waals surface area (Å²) >= 11 is 0. The monoisotopic (exact) mass is 416 g/mol. The predicted octanol–water partition coefficient (Wildman–Crippen LogP) is 2.64. The van der Waals surface area contributed by atoms with Crippen LogP contribution in [0.25, 0.3) is 0 Å². The van der Waals surface area contributed by atoms with E-state index in [-0.39, 0.29) is 11.4 Å². The Kier molecular flexibility index (Phi) is 6.34. The molecule has 1 atom stereocenters. The van der Waals surface area contributed by atoms with Gasteiger partial charge in [0.2, 0.25) is 10.0 Å². The Bertz CT molecular complexity index is 985. The number of hydrogen-bond acceptors (Lipinski definition) is 5. The van der Waals surface area contributed by atoms with Gasteiger partial charge in [-0.05, 0) is 51.0 Å². The van der Waals surface area contributed by atoms with Crippen molar-refractivity contribution in [1.82, 2.24) is 4.31 Å². The van der Waals surface area contributed by atoms with Crippen molar-refractivity contribution in [2.75, 3.05) is 18.5 Å². The quantitative estimate of drug-likeness (QED) is 0.731. The van der Waals surface area contributed by atoms with Crippen molar-refractivity contribution in [3.05, 3.63) is 59.7 Å². The van der Waals surface area contributed by atoms with Gasteiger partial charge in [0.15, 0.2) is 6.61 Å². The van der Waals surface area contributed by atoms with Crippen LogP contribution in [-0.2, 0) is 24.3 Å². The normalized spacial score (nSPS) is 17.1. The standard InChI is InChI=1S/C21H24N2O5S/c1-15-5-9-17(10-6-15)22-20(24)14-28-21(25)19-4-3-13-23(19)29(26,27)18-11-7-16(2)8-12-18/h5-12,19H,3-4,13-14H2,1-2H3,(H,22,24)/t19-/m0/s1. The Hall–Kier alpha value is -2.71. The summed E-state index contributed by atoms with van der Waals surface area (Å²) in [5.74, 6) is -1.19. The van der Waals surface area contributed by atoms with Crippen molar-refractivity contribution < 1.29 is 22.7 Å². The smallest absolute Gasteiger partial charge is 0.324 e. The number of carbonyl (C=O) groups excluding carboxylic acids is 2. The molecule has 0 spiro atoms. The summed E-state index contributed by atoms with van der Waals surface area (Å²) in [7, 11) is -3.81. The second-order valence-corrected chi connectivity index (χ2v) is 9.00. The van der Waals surface area contributed by atoms with Crippen molar-refractivity contribution in [3.8, 4) is 0 Å². The number of hydrogen-bond donors (Lipinski definition) is 1. The first-order chi connectivity index (χ1) is 13.8. The molecular weight excluding hydrogens is 392 g/mol. The van der Waals surface area contributed by atoms with E-state index in [0.717, 1.165) is 15.4 Å². The molecule has 0 radical (unpaired) electrons. The number of rotatable bonds is 6. The van der Waals surface area contributed by atoms with E-state index in [1.807, 2.05) is 26.0 Å². The van der Waals surface area contributed by atoms with Crippen LogP contribution in [0.1, 0.15) is 24.0 Å². The molecule has 3 rings (SSSR count). The van der Waals surface area contributed by atoms with E-state index in [4.69, 9.17) is 4.74 Å². The lowest BCUT2D eigenvalue weighted by Gasteiger charge is -2.22. The minimum Gasteiger partial charge on any atom is -0.454 e. The highest BCUT2D eigenvalue weighted by atomic mass is 32.2. The first kappa shape index (κ1) is 21.0. The van der Waals surface area contributed by atoms with Gasteiger partial charge in [0.1, 0.15) is 6.04 Å². The molecule has 2 aromatic carbocycles. The number of sulfonamides is 1. The van der Waals surface area contributed by atoms with Crippen molar-refractivity contribution in [2.24, 2.45) is 0 Å². The van der Waals surface area contributed by atoms with E-state index in [1.54, 1.807) is 24.3 Å². The Morgan fingerprint density at radius 2 is 1.62 bits per heavy atom. The first-order valence-electron chi connectivity index (χ1n) is 9.39. The SMILES string of the molecule is Cc1ccc(NC(=O)COC(=O)[C@@H]2CCCN2S(=O)(=O)c2ccc(C)cc2)cc1. The zero-order chi connectivity index (χ0) is 21.0. The maximum Gasteiger partial charge on any atom is 0.324 e. The molecule has 1 aliphatic rings. The van der Waals surface area contributed by atoms with Gasteiger partial charge in [0.25, 0.3) is 5.91 Å². The highest BCUT2D eigenvalue weighted by Crippen LogP contribution is 2.27. The maximum absolute atomic E-state index is 12.9. The minimum absolute atomic E-state index is 0.139. The van der Waals surface area contributed by atoms with Crippen molar-refractivity contribution in [1.29, 1.82) is 0 Å². The van der Waals surface area contributed by atoms with E-state index in [9.17, 15) is 18.0 Å². The molecule has 1 amide bonds. The van der Waals surface area contributed by atoms with Gasteiger partial charge in [-0.15, -0.1) is 0 Å².